The van der Waals surface area contributed by atoms with Gasteiger partial charge in [-0.15, -0.1) is 0 Å². The molecule has 8 heteroatoms. The SMILES string of the molecule is Cc1ccc([N+](=O)[O-])cc1S(=O)(=O)NCC(C)(C)O. The van der Waals surface area contributed by atoms with Gasteiger partial charge in [-0.3, -0.25) is 10.1 Å². The first-order chi connectivity index (χ1) is 8.53. The topological polar surface area (TPSA) is 110 Å². The molecule has 0 atom stereocenters. The van der Waals surface area contributed by atoms with E-state index in [1.54, 1.807) is 6.92 Å². The van der Waals surface area contributed by atoms with Gasteiger partial charge in [-0.1, -0.05) is 6.07 Å². The molecule has 2 N–H and O–H groups in total. The van der Waals surface area contributed by atoms with Crippen LogP contribution in [0.5, 0.6) is 0 Å². The van der Waals surface area contributed by atoms with E-state index in [-0.39, 0.29) is 17.1 Å². The maximum Gasteiger partial charge on any atom is 0.270 e. The standard InChI is InChI=1S/C11H16N2O5S/c1-8-4-5-9(13(15)16)6-10(8)19(17,18)12-7-11(2,3)14/h4-6,12,14H,7H2,1-3H3. The molecule has 0 heterocycles. The summed E-state index contributed by atoms with van der Waals surface area (Å²) in [4.78, 5) is 9.84. The molecule has 1 rings (SSSR count). The maximum absolute atomic E-state index is 12.0. The van der Waals surface area contributed by atoms with E-state index in [9.17, 15) is 23.6 Å². The van der Waals surface area contributed by atoms with E-state index in [0.717, 1.165) is 6.07 Å². The summed E-state index contributed by atoms with van der Waals surface area (Å²) in [6.45, 7) is 4.27. The summed E-state index contributed by atoms with van der Waals surface area (Å²) in [5.41, 5.74) is -1.11. The minimum atomic E-state index is -3.89. The molecule has 0 aliphatic rings. The third-order valence-electron chi connectivity index (χ3n) is 2.37. The molecule has 0 saturated heterocycles. The molecule has 0 aromatic heterocycles. The average Bonchev–Trinajstić information content (AvgIpc) is 2.25. The van der Waals surface area contributed by atoms with Crippen LogP contribution in [0.1, 0.15) is 19.4 Å². The van der Waals surface area contributed by atoms with Gasteiger partial charge in [0.1, 0.15) is 0 Å². The van der Waals surface area contributed by atoms with Gasteiger partial charge < -0.3 is 5.11 Å². The van der Waals surface area contributed by atoms with Crippen molar-refractivity contribution in [3.63, 3.8) is 0 Å². The Hall–Kier alpha value is -1.51. The molecule has 0 saturated carbocycles. The van der Waals surface area contributed by atoms with Gasteiger partial charge in [-0.05, 0) is 26.3 Å². The van der Waals surface area contributed by atoms with Gasteiger partial charge in [0.2, 0.25) is 10.0 Å². The van der Waals surface area contributed by atoms with Crippen LogP contribution >= 0.6 is 0 Å². The van der Waals surface area contributed by atoms with Crippen LogP contribution in [0.3, 0.4) is 0 Å². The molecule has 19 heavy (non-hydrogen) atoms. The third-order valence-corrected chi connectivity index (χ3v) is 3.91. The van der Waals surface area contributed by atoms with Crippen LogP contribution in [0.2, 0.25) is 0 Å². The highest BCUT2D eigenvalue weighted by Crippen LogP contribution is 2.21. The van der Waals surface area contributed by atoms with E-state index in [0.29, 0.717) is 5.56 Å². The summed E-state index contributed by atoms with van der Waals surface area (Å²) in [5, 5.41) is 20.2. The molecule has 1 aromatic carbocycles. The minimum Gasteiger partial charge on any atom is -0.389 e. The molecular weight excluding hydrogens is 272 g/mol. The first kappa shape index (κ1) is 15.5. The van der Waals surface area contributed by atoms with E-state index in [1.807, 2.05) is 0 Å². The molecule has 1 aromatic rings. The minimum absolute atomic E-state index is 0.161. The second-order valence-electron chi connectivity index (χ2n) is 4.84. The van der Waals surface area contributed by atoms with E-state index in [4.69, 9.17) is 0 Å². The highest BCUT2D eigenvalue weighted by atomic mass is 32.2. The number of benzene rings is 1. The van der Waals surface area contributed by atoms with Crippen molar-refractivity contribution in [2.45, 2.75) is 31.3 Å². The predicted molar refractivity (Wildman–Crippen MR) is 69.3 cm³/mol. The lowest BCUT2D eigenvalue weighted by atomic mass is 10.1. The van der Waals surface area contributed by atoms with Gasteiger partial charge in [0.25, 0.3) is 5.69 Å². The maximum atomic E-state index is 12.0. The Bertz CT molecular complexity index is 590. The fraction of sp³-hybridized carbons (Fsp3) is 0.455. The first-order valence-corrected chi connectivity index (χ1v) is 6.98. The highest BCUT2D eigenvalue weighted by Gasteiger charge is 2.23. The summed E-state index contributed by atoms with van der Waals surface area (Å²) < 4.78 is 26.3. The van der Waals surface area contributed by atoms with Crippen molar-refractivity contribution in [1.82, 2.24) is 4.72 Å². The lowest BCUT2D eigenvalue weighted by molar-refractivity contribution is -0.385. The fourth-order valence-electron chi connectivity index (χ4n) is 1.34. The van der Waals surface area contributed by atoms with Gasteiger partial charge in [-0.2, -0.15) is 0 Å². The Morgan fingerprint density at radius 3 is 2.47 bits per heavy atom. The van der Waals surface area contributed by atoms with Crippen molar-refractivity contribution in [1.29, 1.82) is 0 Å². The number of nitro groups is 1. The van der Waals surface area contributed by atoms with Crippen molar-refractivity contribution < 1.29 is 18.4 Å². The van der Waals surface area contributed by atoms with Crippen molar-refractivity contribution in [2.75, 3.05) is 6.54 Å². The number of sulfonamides is 1. The van der Waals surface area contributed by atoms with Crippen LogP contribution in [0.25, 0.3) is 0 Å². The van der Waals surface area contributed by atoms with Crippen molar-refractivity contribution >= 4 is 15.7 Å². The molecule has 0 fully saturated rings. The Morgan fingerprint density at radius 2 is 2.00 bits per heavy atom. The summed E-state index contributed by atoms with van der Waals surface area (Å²) in [6.07, 6.45) is 0. The van der Waals surface area contributed by atoms with Crippen LogP contribution in [-0.4, -0.2) is 30.6 Å². The molecule has 0 unspecified atom stereocenters. The molecular formula is C11H16N2O5S. The van der Waals surface area contributed by atoms with E-state index in [2.05, 4.69) is 4.72 Å². The molecule has 0 aliphatic carbocycles. The van der Waals surface area contributed by atoms with Gasteiger partial charge >= 0.3 is 0 Å². The summed E-state index contributed by atoms with van der Waals surface area (Å²) in [6, 6.07) is 3.61. The van der Waals surface area contributed by atoms with Crippen molar-refractivity contribution in [2.24, 2.45) is 0 Å². The Kier molecular flexibility index (Phi) is 4.28. The number of aryl methyl sites for hydroxylation is 1. The number of aliphatic hydroxyl groups is 1. The smallest absolute Gasteiger partial charge is 0.270 e. The average molecular weight is 288 g/mol. The summed E-state index contributed by atoms with van der Waals surface area (Å²) >= 11 is 0. The molecule has 0 aliphatic heterocycles. The van der Waals surface area contributed by atoms with Crippen LogP contribution in [0, 0.1) is 17.0 Å². The Morgan fingerprint density at radius 1 is 1.42 bits per heavy atom. The molecule has 0 spiro atoms. The number of nitro benzene ring substituents is 1. The van der Waals surface area contributed by atoms with E-state index < -0.39 is 20.5 Å². The van der Waals surface area contributed by atoms with Gasteiger partial charge in [0, 0.05) is 18.7 Å². The van der Waals surface area contributed by atoms with Crippen LogP contribution in [0.15, 0.2) is 23.1 Å². The predicted octanol–water partition coefficient (Wildman–Crippen LogP) is 0.952. The normalized spacial score (nSPS) is 12.4. The highest BCUT2D eigenvalue weighted by molar-refractivity contribution is 7.89. The third kappa shape index (κ3) is 4.27. The van der Waals surface area contributed by atoms with Crippen molar-refractivity contribution in [3.8, 4) is 0 Å². The lowest BCUT2D eigenvalue weighted by Crippen LogP contribution is -2.38. The van der Waals surface area contributed by atoms with E-state index in [1.165, 1.54) is 26.0 Å². The number of nitrogens with zero attached hydrogens (tertiary/aromatic N) is 1. The fourth-order valence-corrected chi connectivity index (χ4v) is 2.81. The molecule has 106 valence electrons. The molecule has 0 bridgehead atoms. The lowest BCUT2D eigenvalue weighted by Gasteiger charge is -2.18. The van der Waals surface area contributed by atoms with Crippen LogP contribution in [0.4, 0.5) is 5.69 Å². The molecule has 0 amide bonds. The molecule has 7 nitrogen and oxygen atoms in total. The molecule has 0 radical (unpaired) electrons. The Balaban J connectivity index is 3.14. The van der Waals surface area contributed by atoms with Crippen LogP contribution < -0.4 is 4.72 Å². The zero-order valence-corrected chi connectivity index (χ0v) is 11.7. The first-order valence-electron chi connectivity index (χ1n) is 5.50. The number of rotatable bonds is 5. The number of hydrogen-bond donors (Lipinski definition) is 2. The van der Waals surface area contributed by atoms with Crippen molar-refractivity contribution in [3.05, 3.63) is 33.9 Å². The number of non-ortho nitro benzene ring substituents is 1. The van der Waals surface area contributed by atoms with Gasteiger partial charge in [-0.25, -0.2) is 13.1 Å². The van der Waals surface area contributed by atoms with Crippen LogP contribution in [-0.2, 0) is 10.0 Å². The summed E-state index contributed by atoms with van der Waals surface area (Å²) in [5.74, 6) is 0. The second-order valence-corrected chi connectivity index (χ2v) is 6.58. The second kappa shape index (κ2) is 5.24. The zero-order valence-electron chi connectivity index (χ0n) is 10.9. The Labute approximate surface area is 111 Å². The van der Waals surface area contributed by atoms with Gasteiger partial charge in [0.15, 0.2) is 0 Å². The van der Waals surface area contributed by atoms with E-state index >= 15 is 0 Å². The monoisotopic (exact) mass is 288 g/mol. The zero-order chi connectivity index (χ0) is 14.8. The largest absolute Gasteiger partial charge is 0.389 e. The summed E-state index contributed by atoms with van der Waals surface area (Å²) in [7, 11) is -3.89. The number of nitrogens with one attached hydrogen (secondary N) is 1. The quantitative estimate of drug-likeness (QED) is 0.619. The number of hydrogen-bond acceptors (Lipinski definition) is 5. The van der Waals surface area contributed by atoms with Gasteiger partial charge in [0.05, 0.1) is 15.4 Å².